The van der Waals surface area contributed by atoms with Gasteiger partial charge in [0.1, 0.15) is 0 Å². The summed E-state index contributed by atoms with van der Waals surface area (Å²) in [6, 6.07) is 9.38. The highest BCUT2D eigenvalue weighted by molar-refractivity contribution is 5.56. The number of rotatable bonds is 4. The van der Waals surface area contributed by atoms with Crippen LogP contribution in [-0.2, 0) is 0 Å². The van der Waals surface area contributed by atoms with Gasteiger partial charge in [0.25, 0.3) is 0 Å². The van der Waals surface area contributed by atoms with Gasteiger partial charge in [-0.1, -0.05) is 32.0 Å². The average Bonchev–Trinajstić information content (AvgIpc) is 2.80. The molecule has 1 saturated heterocycles. The van der Waals surface area contributed by atoms with E-state index in [1.54, 1.807) is 0 Å². The van der Waals surface area contributed by atoms with Gasteiger partial charge in [0, 0.05) is 30.9 Å². The second-order valence-corrected chi connectivity index (χ2v) is 5.99. The first-order valence-electron chi connectivity index (χ1n) is 7.30. The van der Waals surface area contributed by atoms with E-state index in [2.05, 4.69) is 62.0 Å². The van der Waals surface area contributed by atoms with E-state index in [-0.39, 0.29) is 6.04 Å². The summed E-state index contributed by atoms with van der Waals surface area (Å²) < 4.78 is 0. The Bertz CT molecular complexity index is 416. The van der Waals surface area contributed by atoms with E-state index >= 15 is 0 Å². The third-order valence-electron chi connectivity index (χ3n) is 4.35. The summed E-state index contributed by atoms with van der Waals surface area (Å²) in [5.41, 5.74) is 8.87. The van der Waals surface area contributed by atoms with Crippen molar-refractivity contribution in [2.45, 2.75) is 32.4 Å². The zero-order valence-corrected chi connectivity index (χ0v) is 12.6. The Balaban J connectivity index is 2.24. The zero-order valence-electron chi connectivity index (χ0n) is 12.6. The maximum Gasteiger partial charge on any atom is 0.0415 e. The number of nitrogens with two attached hydrogens (primary N) is 1. The molecule has 2 N–H and O–H groups in total. The molecule has 1 aliphatic rings. The molecule has 3 nitrogen and oxygen atoms in total. The predicted octanol–water partition coefficient (Wildman–Crippen LogP) is 2.48. The second kappa shape index (κ2) is 5.93. The number of hydrogen-bond acceptors (Lipinski definition) is 3. The summed E-state index contributed by atoms with van der Waals surface area (Å²) >= 11 is 0. The van der Waals surface area contributed by atoms with Gasteiger partial charge in [0.2, 0.25) is 0 Å². The maximum atomic E-state index is 6.25. The van der Waals surface area contributed by atoms with Crippen molar-refractivity contribution in [3.05, 3.63) is 29.8 Å². The third-order valence-corrected chi connectivity index (χ3v) is 4.35. The van der Waals surface area contributed by atoms with E-state index in [9.17, 15) is 0 Å². The summed E-state index contributed by atoms with van der Waals surface area (Å²) in [4.78, 5) is 4.84. The summed E-state index contributed by atoms with van der Waals surface area (Å²) in [7, 11) is 4.35. The summed E-state index contributed by atoms with van der Waals surface area (Å²) in [5.74, 6) is 0.695. The monoisotopic (exact) mass is 261 g/mol. The quantitative estimate of drug-likeness (QED) is 0.904. The normalized spacial score (nSPS) is 25.1. The van der Waals surface area contributed by atoms with Crippen LogP contribution in [0.5, 0.6) is 0 Å². The number of anilines is 1. The molecule has 1 aromatic rings. The molecule has 3 atom stereocenters. The first-order valence-corrected chi connectivity index (χ1v) is 7.30. The highest BCUT2D eigenvalue weighted by atomic mass is 15.2. The van der Waals surface area contributed by atoms with E-state index < -0.39 is 0 Å². The SMILES string of the molecule is CC[C@H](N)c1ccccc1N1CC(C)C(N(C)C)C1. The molecule has 19 heavy (non-hydrogen) atoms. The fourth-order valence-electron chi connectivity index (χ4n) is 3.13. The zero-order chi connectivity index (χ0) is 14.0. The van der Waals surface area contributed by atoms with Crippen molar-refractivity contribution >= 4 is 5.69 Å². The van der Waals surface area contributed by atoms with Gasteiger partial charge in [0.15, 0.2) is 0 Å². The molecular formula is C16H27N3. The average molecular weight is 261 g/mol. The van der Waals surface area contributed by atoms with Gasteiger partial charge in [-0.2, -0.15) is 0 Å². The molecule has 0 amide bonds. The molecule has 1 aliphatic heterocycles. The number of nitrogens with zero attached hydrogens (tertiary/aromatic N) is 2. The molecule has 1 heterocycles. The van der Waals surface area contributed by atoms with Gasteiger partial charge < -0.3 is 15.5 Å². The van der Waals surface area contributed by atoms with Crippen molar-refractivity contribution in [3.8, 4) is 0 Å². The molecule has 0 radical (unpaired) electrons. The van der Waals surface area contributed by atoms with Gasteiger partial charge in [-0.15, -0.1) is 0 Å². The molecule has 106 valence electrons. The van der Waals surface area contributed by atoms with Crippen LogP contribution < -0.4 is 10.6 Å². The van der Waals surface area contributed by atoms with Crippen LogP contribution >= 0.6 is 0 Å². The Labute approximate surface area is 117 Å². The molecule has 2 unspecified atom stereocenters. The van der Waals surface area contributed by atoms with E-state index in [4.69, 9.17) is 5.73 Å². The number of hydrogen-bond donors (Lipinski definition) is 1. The minimum atomic E-state index is 0.143. The Kier molecular flexibility index (Phi) is 4.48. The van der Waals surface area contributed by atoms with E-state index in [0.717, 1.165) is 19.5 Å². The largest absolute Gasteiger partial charge is 0.369 e. The van der Waals surface area contributed by atoms with E-state index in [1.807, 2.05) is 0 Å². The minimum Gasteiger partial charge on any atom is -0.369 e. The molecule has 1 aromatic carbocycles. The molecular weight excluding hydrogens is 234 g/mol. The molecule has 2 rings (SSSR count). The Morgan fingerprint density at radius 2 is 2.00 bits per heavy atom. The summed E-state index contributed by atoms with van der Waals surface area (Å²) in [5, 5.41) is 0. The second-order valence-electron chi connectivity index (χ2n) is 5.99. The highest BCUT2D eigenvalue weighted by Crippen LogP contribution is 2.31. The predicted molar refractivity (Wildman–Crippen MR) is 82.5 cm³/mol. The van der Waals surface area contributed by atoms with Crippen LogP contribution in [0.3, 0.4) is 0 Å². The maximum absolute atomic E-state index is 6.25. The lowest BCUT2D eigenvalue weighted by molar-refractivity contribution is 0.266. The molecule has 0 bridgehead atoms. The Morgan fingerprint density at radius 1 is 1.32 bits per heavy atom. The summed E-state index contributed by atoms with van der Waals surface area (Å²) in [6.45, 7) is 6.71. The lowest BCUT2D eigenvalue weighted by Crippen LogP contribution is -2.34. The van der Waals surface area contributed by atoms with Crippen molar-refractivity contribution < 1.29 is 0 Å². The van der Waals surface area contributed by atoms with Crippen molar-refractivity contribution in [1.29, 1.82) is 0 Å². The fraction of sp³-hybridized carbons (Fsp3) is 0.625. The van der Waals surface area contributed by atoms with Crippen LogP contribution in [0.15, 0.2) is 24.3 Å². The molecule has 0 saturated carbocycles. The summed E-state index contributed by atoms with van der Waals surface area (Å²) in [6.07, 6.45) is 0.984. The van der Waals surface area contributed by atoms with Gasteiger partial charge in [-0.25, -0.2) is 0 Å². The first kappa shape index (κ1) is 14.4. The third kappa shape index (κ3) is 2.93. The number of benzene rings is 1. The van der Waals surface area contributed by atoms with Crippen LogP contribution in [0.4, 0.5) is 5.69 Å². The van der Waals surface area contributed by atoms with E-state index in [1.165, 1.54) is 11.3 Å². The van der Waals surface area contributed by atoms with Crippen molar-refractivity contribution in [2.24, 2.45) is 11.7 Å². The van der Waals surface area contributed by atoms with E-state index in [0.29, 0.717) is 12.0 Å². The molecule has 0 aromatic heterocycles. The highest BCUT2D eigenvalue weighted by Gasteiger charge is 2.32. The topological polar surface area (TPSA) is 32.5 Å². The van der Waals surface area contributed by atoms with Crippen molar-refractivity contribution in [2.75, 3.05) is 32.1 Å². The van der Waals surface area contributed by atoms with Crippen LogP contribution in [-0.4, -0.2) is 38.1 Å². The van der Waals surface area contributed by atoms with Crippen LogP contribution in [0.1, 0.15) is 31.9 Å². The molecule has 0 spiro atoms. The first-order chi connectivity index (χ1) is 9.04. The van der Waals surface area contributed by atoms with Crippen molar-refractivity contribution in [3.63, 3.8) is 0 Å². The van der Waals surface area contributed by atoms with Crippen LogP contribution in [0, 0.1) is 5.92 Å². The number of para-hydroxylation sites is 1. The Hall–Kier alpha value is -1.06. The molecule has 3 heteroatoms. The van der Waals surface area contributed by atoms with Gasteiger partial charge in [-0.05, 0) is 38.1 Å². The van der Waals surface area contributed by atoms with Crippen LogP contribution in [0.25, 0.3) is 0 Å². The molecule has 0 aliphatic carbocycles. The van der Waals surface area contributed by atoms with Gasteiger partial charge in [0.05, 0.1) is 0 Å². The fourth-order valence-corrected chi connectivity index (χ4v) is 3.13. The molecule has 1 fully saturated rings. The van der Waals surface area contributed by atoms with Gasteiger partial charge in [-0.3, -0.25) is 0 Å². The Morgan fingerprint density at radius 3 is 2.58 bits per heavy atom. The minimum absolute atomic E-state index is 0.143. The number of likely N-dealkylation sites (N-methyl/N-ethyl adjacent to an activating group) is 1. The van der Waals surface area contributed by atoms with Crippen LogP contribution in [0.2, 0.25) is 0 Å². The van der Waals surface area contributed by atoms with Gasteiger partial charge >= 0.3 is 0 Å². The lowest BCUT2D eigenvalue weighted by Gasteiger charge is -2.25. The standard InChI is InChI=1S/C16H27N3/c1-5-14(17)13-8-6-7-9-15(13)19-10-12(2)16(11-19)18(3)4/h6-9,12,14,16H,5,10-11,17H2,1-4H3/t12?,14-,16?/m0/s1. The smallest absolute Gasteiger partial charge is 0.0415 e. The van der Waals surface area contributed by atoms with Crippen molar-refractivity contribution in [1.82, 2.24) is 4.90 Å². The lowest BCUT2D eigenvalue weighted by atomic mass is 10.0.